The fourth-order valence-electron chi connectivity index (χ4n) is 11.4. The van der Waals surface area contributed by atoms with E-state index in [2.05, 4.69) is 85.7 Å². The molecule has 0 spiro atoms. The monoisotopic (exact) mass is 662 g/mol. The van der Waals surface area contributed by atoms with Gasteiger partial charge in [-0.05, 0) is 126 Å². The summed E-state index contributed by atoms with van der Waals surface area (Å²) in [6.45, 7) is 23.4. The first-order valence-corrected chi connectivity index (χ1v) is 21.0. The van der Waals surface area contributed by atoms with Gasteiger partial charge in [0.1, 0.15) is 5.65 Å². The van der Waals surface area contributed by atoms with E-state index in [-0.39, 0.29) is 23.6 Å². The fraction of sp³-hybridized carbons (Fsp3) is 0.789. The summed E-state index contributed by atoms with van der Waals surface area (Å²) in [5.41, 5.74) is 2.89. The zero-order valence-corrected chi connectivity index (χ0v) is 31.7. The van der Waals surface area contributed by atoms with Gasteiger partial charge in [0.25, 0.3) is 0 Å². The maximum Gasteiger partial charge on any atom is 0.497 e. The Hall–Kier alpha value is -1.52. The Bertz CT molecular complexity index is 1460. The Morgan fingerprint density at radius 1 is 0.957 bits per heavy atom. The van der Waals surface area contributed by atoms with E-state index in [0.717, 1.165) is 73.6 Å². The first kappa shape index (κ1) is 34.0. The quantitative estimate of drug-likeness (QED) is 0.199. The van der Waals surface area contributed by atoms with Crippen LogP contribution in [0.4, 0.5) is 0 Å². The molecular formula is C38H59BN2O5Si. The molecule has 6 atom stereocenters. The number of ether oxygens (including phenoxy) is 2. The van der Waals surface area contributed by atoms with Crippen LogP contribution in [0.2, 0.25) is 16.6 Å². The number of rotatable bonds is 9. The van der Waals surface area contributed by atoms with Crippen molar-refractivity contribution in [3.8, 4) is 0 Å². The maximum absolute atomic E-state index is 15.4. The summed E-state index contributed by atoms with van der Waals surface area (Å²) in [4.78, 5) is 20.6. The van der Waals surface area contributed by atoms with Gasteiger partial charge < -0.3 is 23.0 Å². The number of nitrogens with zero attached hydrogens (tertiary/aromatic N) is 2. The minimum Gasteiger partial charge on any atom is -0.399 e. The van der Waals surface area contributed by atoms with Gasteiger partial charge in [-0.3, -0.25) is 4.79 Å². The van der Waals surface area contributed by atoms with Crippen molar-refractivity contribution in [1.29, 1.82) is 0 Å². The lowest BCUT2D eigenvalue weighted by Gasteiger charge is -2.59. The fourth-order valence-corrected chi connectivity index (χ4v) is 18.0. The van der Waals surface area contributed by atoms with Gasteiger partial charge in [0, 0.05) is 35.1 Å². The largest absolute Gasteiger partial charge is 0.497 e. The van der Waals surface area contributed by atoms with Gasteiger partial charge in [-0.1, -0.05) is 41.5 Å². The Kier molecular flexibility index (Phi) is 8.51. The van der Waals surface area contributed by atoms with Gasteiger partial charge in [0.2, 0.25) is 0 Å². The third-order valence-electron chi connectivity index (χ3n) is 13.7. The van der Waals surface area contributed by atoms with E-state index in [0.29, 0.717) is 34.4 Å². The predicted molar refractivity (Wildman–Crippen MR) is 191 cm³/mol. The highest BCUT2D eigenvalue weighted by molar-refractivity contribution is 6.82. The number of carbonyl (C=O) groups excluding carboxylic acids is 1. The van der Waals surface area contributed by atoms with E-state index in [1.54, 1.807) is 0 Å². The minimum absolute atomic E-state index is 0.0204. The standard InChI is InChI=1S/C38H59BN2O5Si/c1-23(2)47(24(3)4,25(5)6)41-15-14-29-33(30(22-40-35(29)41)39-45-36(7,8)37(9,10)46-39)34(42)32-27-17-26-18-28(32)21-38(19-26,20-27)44-31-13-11-12-16-43-31/h14-15,22-28,31-32H,11-13,16-21H2,1-10H3/t26?,27-,28?,31?,32?,38?/m1/s1. The molecule has 8 rings (SSSR count). The molecule has 4 bridgehead atoms. The smallest absolute Gasteiger partial charge is 0.399 e. The maximum atomic E-state index is 15.4. The number of hydrogen-bond donors (Lipinski definition) is 0. The minimum atomic E-state index is -2.11. The third kappa shape index (κ3) is 5.26. The van der Waals surface area contributed by atoms with E-state index in [9.17, 15) is 0 Å². The van der Waals surface area contributed by atoms with E-state index in [4.69, 9.17) is 23.8 Å². The lowest BCUT2D eigenvalue weighted by molar-refractivity contribution is -0.269. The molecule has 2 saturated heterocycles. The second-order valence-electron chi connectivity index (χ2n) is 17.9. The molecule has 0 radical (unpaired) electrons. The van der Waals surface area contributed by atoms with Crippen LogP contribution in [0.15, 0.2) is 18.5 Å². The summed E-state index contributed by atoms with van der Waals surface area (Å²) >= 11 is 0. The molecule has 4 saturated carbocycles. The van der Waals surface area contributed by atoms with Crippen LogP contribution in [-0.2, 0) is 18.8 Å². The van der Waals surface area contributed by atoms with E-state index in [1.807, 2.05) is 6.20 Å². The van der Waals surface area contributed by atoms with Crippen LogP contribution in [0.25, 0.3) is 11.0 Å². The van der Waals surface area contributed by atoms with E-state index in [1.165, 1.54) is 6.42 Å². The summed E-state index contributed by atoms with van der Waals surface area (Å²) in [5, 5.41) is 0.969. The Morgan fingerprint density at radius 3 is 2.13 bits per heavy atom. The molecule has 4 heterocycles. The average Bonchev–Trinajstić information content (AvgIpc) is 3.48. The molecule has 2 aromatic heterocycles. The van der Waals surface area contributed by atoms with Crippen molar-refractivity contribution in [2.24, 2.45) is 23.7 Å². The highest BCUT2D eigenvalue weighted by Gasteiger charge is 2.60. The molecule has 0 amide bonds. The van der Waals surface area contributed by atoms with Crippen molar-refractivity contribution in [3.05, 3.63) is 24.0 Å². The molecule has 9 heteroatoms. The second kappa shape index (κ2) is 11.8. The number of hydrogen-bond acceptors (Lipinski definition) is 6. The van der Waals surface area contributed by atoms with Crippen molar-refractivity contribution in [3.63, 3.8) is 0 Å². The summed E-state index contributed by atoms with van der Waals surface area (Å²) < 4.78 is 28.8. The van der Waals surface area contributed by atoms with Crippen molar-refractivity contribution < 1.29 is 23.6 Å². The zero-order chi connectivity index (χ0) is 33.7. The molecule has 0 N–H and O–H groups in total. The van der Waals surface area contributed by atoms with Gasteiger partial charge in [-0.15, -0.1) is 0 Å². The van der Waals surface area contributed by atoms with Gasteiger partial charge in [-0.25, -0.2) is 4.98 Å². The van der Waals surface area contributed by atoms with Crippen LogP contribution in [0.3, 0.4) is 0 Å². The first-order valence-electron chi connectivity index (χ1n) is 18.8. The zero-order valence-electron chi connectivity index (χ0n) is 30.7. The predicted octanol–water partition coefficient (Wildman–Crippen LogP) is 8.28. The van der Waals surface area contributed by atoms with Crippen molar-refractivity contribution in [2.45, 2.75) is 160 Å². The molecule has 6 fully saturated rings. The summed E-state index contributed by atoms with van der Waals surface area (Å²) in [5.74, 6) is 1.53. The highest BCUT2D eigenvalue weighted by atomic mass is 28.3. The molecule has 258 valence electrons. The van der Waals surface area contributed by atoms with Crippen molar-refractivity contribution >= 4 is 37.6 Å². The summed E-state index contributed by atoms with van der Waals surface area (Å²) in [6.07, 6.45) is 12.7. The molecule has 7 nitrogen and oxygen atoms in total. The van der Waals surface area contributed by atoms with Crippen LogP contribution >= 0.6 is 0 Å². The van der Waals surface area contributed by atoms with E-state index < -0.39 is 26.6 Å². The Labute approximate surface area is 284 Å². The van der Waals surface area contributed by atoms with Crippen LogP contribution in [0.1, 0.15) is 131 Å². The molecular weight excluding hydrogens is 603 g/mol. The normalized spacial score (nSPS) is 33.2. The number of fused-ring (bicyclic) bond motifs is 1. The van der Waals surface area contributed by atoms with Gasteiger partial charge in [0.05, 0.1) is 16.8 Å². The SMILES string of the molecule is CC(C)[Si](C(C)C)(C(C)C)n1ccc2c(C(=O)C3C4CC5C[C@@H]3CC(OC3CCCCO3)(C5)C4)c(B3OC(C)(C)C(C)(C)O3)cnc21. The van der Waals surface area contributed by atoms with Crippen LogP contribution in [0, 0.1) is 23.7 Å². The topological polar surface area (TPSA) is 71.8 Å². The van der Waals surface area contributed by atoms with Crippen LogP contribution in [-0.4, -0.2) is 60.1 Å². The number of carbonyl (C=O) groups is 1. The van der Waals surface area contributed by atoms with Crippen molar-refractivity contribution in [1.82, 2.24) is 9.22 Å². The lowest BCUT2D eigenvalue weighted by Crippen LogP contribution is -2.59. The van der Waals surface area contributed by atoms with E-state index >= 15 is 4.79 Å². The van der Waals surface area contributed by atoms with Crippen LogP contribution in [0.5, 0.6) is 0 Å². The van der Waals surface area contributed by atoms with Gasteiger partial charge in [0.15, 0.2) is 20.3 Å². The molecule has 0 aromatic carbocycles. The first-order chi connectivity index (χ1) is 22.1. The number of ketones is 1. The molecule has 5 unspecified atom stereocenters. The van der Waals surface area contributed by atoms with Crippen LogP contribution < -0.4 is 5.46 Å². The third-order valence-corrected chi connectivity index (χ3v) is 20.5. The number of pyridine rings is 1. The van der Waals surface area contributed by atoms with Crippen molar-refractivity contribution in [2.75, 3.05) is 6.61 Å². The van der Waals surface area contributed by atoms with Gasteiger partial charge in [-0.2, -0.15) is 0 Å². The lowest BCUT2D eigenvalue weighted by atomic mass is 9.48. The number of aromatic nitrogens is 2. The molecule has 2 aliphatic heterocycles. The summed E-state index contributed by atoms with van der Waals surface area (Å²) in [7, 11) is -2.76. The Morgan fingerprint density at radius 2 is 1.57 bits per heavy atom. The molecule has 4 aliphatic carbocycles. The molecule has 2 aromatic rings. The average molecular weight is 663 g/mol. The molecule has 6 aliphatic rings. The second-order valence-corrected chi connectivity index (χ2v) is 23.6. The molecule has 47 heavy (non-hydrogen) atoms. The van der Waals surface area contributed by atoms with Gasteiger partial charge >= 0.3 is 7.12 Å². The Balaban J connectivity index is 1.32. The highest BCUT2D eigenvalue weighted by Crippen LogP contribution is 2.61. The number of Topliss-reactive ketones (excluding diaryl/α,β-unsaturated/α-hetero) is 1. The summed E-state index contributed by atoms with van der Waals surface area (Å²) in [6, 6.07) is 2.19.